The first kappa shape index (κ1) is 9.01. The maximum atomic E-state index is 5.59. The Morgan fingerprint density at radius 3 is 2.55 bits per heavy atom. The van der Waals surface area contributed by atoms with E-state index in [1.54, 1.807) is 0 Å². The lowest BCUT2D eigenvalue weighted by Crippen LogP contribution is -2.60. The molecule has 0 saturated heterocycles. The van der Waals surface area contributed by atoms with Gasteiger partial charge in [-0.25, -0.2) is 0 Å². The first-order valence-electron chi connectivity index (χ1n) is 4.41. The molecule has 0 aromatic heterocycles. The predicted octanol–water partition coefficient (Wildman–Crippen LogP) is 1.41. The van der Waals surface area contributed by atoms with Gasteiger partial charge in [-0.1, -0.05) is 13.8 Å². The van der Waals surface area contributed by atoms with Gasteiger partial charge < -0.3 is 10.1 Å². The second-order valence-electron chi connectivity index (χ2n) is 3.84. The Morgan fingerprint density at radius 2 is 2.18 bits per heavy atom. The van der Waals surface area contributed by atoms with Gasteiger partial charge in [0.15, 0.2) is 0 Å². The summed E-state index contributed by atoms with van der Waals surface area (Å²) >= 11 is 0. The highest BCUT2D eigenvalue weighted by atomic mass is 16.5. The van der Waals surface area contributed by atoms with Gasteiger partial charge in [0.25, 0.3) is 0 Å². The highest BCUT2D eigenvalue weighted by Gasteiger charge is 2.47. The first-order valence-corrected chi connectivity index (χ1v) is 4.41. The third kappa shape index (κ3) is 1.42. The lowest BCUT2D eigenvalue weighted by molar-refractivity contribution is -0.112. The quantitative estimate of drug-likeness (QED) is 0.669. The van der Waals surface area contributed by atoms with E-state index in [9.17, 15) is 0 Å². The largest absolute Gasteiger partial charge is 0.378 e. The fourth-order valence-electron chi connectivity index (χ4n) is 1.86. The molecule has 66 valence electrons. The molecule has 0 bridgehead atoms. The van der Waals surface area contributed by atoms with Crippen molar-refractivity contribution in [1.29, 1.82) is 0 Å². The standard InChI is InChI=1S/C9H19NO/c1-5-11-8-6-7(10-4)9(8,2)3/h7-8,10H,5-6H2,1-4H3/t7-,8+/m0/s1. The summed E-state index contributed by atoms with van der Waals surface area (Å²) in [6, 6.07) is 0.638. The summed E-state index contributed by atoms with van der Waals surface area (Å²) in [5.74, 6) is 0. The zero-order chi connectivity index (χ0) is 8.48. The maximum Gasteiger partial charge on any atom is 0.0655 e. The van der Waals surface area contributed by atoms with E-state index in [1.165, 1.54) is 0 Å². The molecule has 11 heavy (non-hydrogen) atoms. The zero-order valence-electron chi connectivity index (χ0n) is 7.98. The van der Waals surface area contributed by atoms with Crippen LogP contribution in [0.1, 0.15) is 27.2 Å². The highest BCUT2D eigenvalue weighted by Crippen LogP contribution is 2.42. The molecule has 0 amide bonds. The lowest BCUT2D eigenvalue weighted by atomic mass is 9.64. The van der Waals surface area contributed by atoms with Gasteiger partial charge in [-0.3, -0.25) is 0 Å². The third-order valence-corrected chi connectivity index (χ3v) is 2.89. The molecule has 1 aliphatic rings. The van der Waals surface area contributed by atoms with Crippen molar-refractivity contribution >= 4 is 0 Å². The van der Waals surface area contributed by atoms with Gasteiger partial charge in [0.05, 0.1) is 6.10 Å². The molecule has 0 radical (unpaired) electrons. The number of rotatable bonds is 3. The van der Waals surface area contributed by atoms with Crippen LogP contribution in [0, 0.1) is 5.41 Å². The van der Waals surface area contributed by atoms with Gasteiger partial charge in [0.1, 0.15) is 0 Å². The van der Waals surface area contributed by atoms with Crippen molar-refractivity contribution < 1.29 is 4.74 Å². The van der Waals surface area contributed by atoms with E-state index >= 15 is 0 Å². The Hall–Kier alpha value is -0.0800. The number of ether oxygens (including phenoxy) is 1. The van der Waals surface area contributed by atoms with Crippen molar-refractivity contribution in [2.45, 2.75) is 39.3 Å². The second kappa shape index (κ2) is 3.11. The van der Waals surface area contributed by atoms with Crippen molar-refractivity contribution in [2.24, 2.45) is 5.41 Å². The molecular weight excluding hydrogens is 138 g/mol. The van der Waals surface area contributed by atoms with Crippen molar-refractivity contribution in [3.8, 4) is 0 Å². The number of nitrogens with one attached hydrogen (secondary N) is 1. The molecule has 1 fully saturated rings. The van der Waals surface area contributed by atoms with Crippen LogP contribution in [0.4, 0.5) is 0 Å². The molecule has 0 spiro atoms. The Labute approximate surface area is 69.3 Å². The Morgan fingerprint density at radius 1 is 1.55 bits per heavy atom. The third-order valence-electron chi connectivity index (χ3n) is 2.89. The van der Waals surface area contributed by atoms with Crippen LogP contribution in [0.25, 0.3) is 0 Å². The molecule has 2 nitrogen and oxygen atoms in total. The summed E-state index contributed by atoms with van der Waals surface area (Å²) in [6.07, 6.45) is 1.63. The molecule has 0 aliphatic heterocycles. The van der Waals surface area contributed by atoms with E-state index in [2.05, 4.69) is 26.1 Å². The van der Waals surface area contributed by atoms with Crippen LogP contribution in [-0.2, 0) is 4.74 Å². The van der Waals surface area contributed by atoms with Gasteiger partial charge in [-0.15, -0.1) is 0 Å². The van der Waals surface area contributed by atoms with E-state index in [0.717, 1.165) is 13.0 Å². The summed E-state index contributed by atoms with van der Waals surface area (Å²) in [4.78, 5) is 0. The van der Waals surface area contributed by atoms with E-state index in [1.807, 2.05) is 7.05 Å². The van der Waals surface area contributed by atoms with Crippen molar-refractivity contribution in [3.63, 3.8) is 0 Å². The molecule has 0 aromatic carbocycles. The van der Waals surface area contributed by atoms with Gasteiger partial charge in [-0.2, -0.15) is 0 Å². The topological polar surface area (TPSA) is 21.3 Å². The fourth-order valence-corrected chi connectivity index (χ4v) is 1.86. The van der Waals surface area contributed by atoms with Crippen LogP contribution in [0.5, 0.6) is 0 Å². The van der Waals surface area contributed by atoms with Gasteiger partial charge in [-0.05, 0) is 20.4 Å². The van der Waals surface area contributed by atoms with Crippen LogP contribution in [0.15, 0.2) is 0 Å². The van der Waals surface area contributed by atoms with Crippen molar-refractivity contribution in [1.82, 2.24) is 5.32 Å². The SMILES string of the molecule is CCO[C@@H]1C[C@H](NC)C1(C)C. The lowest BCUT2D eigenvalue weighted by Gasteiger charge is -2.51. The minimum absolute atomic E-state index is 0.324. The molecule has 2 heteroatoms. The zero-order valence-corrected chi connectivity index (χ0v) is 7.98. The fraction of sp³-hybridized carbons (Fsp3) is 1.00. The normalized spacial score (nSPS) is 34.9. The monoisotopic (exact) mass is 157 g/mol. The summed E-state index contributed by atoms with van der Waals surface area (Å²) in [7, 11) is 2.02. The molecule has 1 N–H and O–H groups in total. The van der Waals surface area contributed by atoms with Gasteiger partial charge in [0.2, 0.25) is 0 Å². The predicted molar refractivity (Wildman–Crippen MR) is 46.7 cm³/mol. The van der Waals surface area contributed by atoms with Crippen LogP contribution in [0.3, 0.4) is 0 Å². The van der Waals surface area contributed by atoms with E-state index < -0.39 is 0 Å². The Kier molecular flexibility index (Phi) is 2.55. The number of hydrogen-bond acceptors (Lipinski definition) is 2. The van der Waals surface area contributed by atoms with E-state index in [-0.39, 0.29) is 0 Å². The molecule has 0 heterocycles. The maximum absolute atomic E-state index is 5.59. The Bertz CT molecular complexity index is 134. The van der Waals surface area contributed by atoms with Crippen LogP contribution < -0.4 is 5.32 Å². The first-order chi connectivity index (χ1) is 5.12. The average molecular weight is 157 g/mol. The summed E-state index contributed by atoms with van der Waals surface area (Å²) in [5.41, 5.74) is 0.324. The van der Waals surface area contributed by atoms with Crippen molar-refractivity contribution in [3.05, 3.63) is 0 Å². The molecule has 1 rings (SSSR count). The number of hydrogen-bond donors (Lipinski definition) is 1. The summed E-state index contributed by atoms with van der Waals surface area (Å²) < 4.78 is 5.59. The molecular formula is C9H19NO. The molecule has 1 aliphatic carbocycles. The Balaban J connectivity index is 2.40. The van der Waals surface area contributed by atoms with Crippen LogP contribution in [-0.4, -0.2) is 25.8 Å². The average Bonchev–Trinajstić information content (AvgIpc) is 1.97. The minimum atomic E-state index is 0.324. The van der Waals surface area contributed by atoms with Gasteiger partial charge in [0, 0.05) is 18.1 Å². The minimum Gasteiger partial charge on any atom is -0.378 e. The second-order valence-corrected chi connectivity index (χ2v) is 3.84. The summed E-state index contributed by atoms with van der Waals surface area (Å²) in [6.45, 7) is 7.42. The molecule has 0 unspecified atom stereocenters. The molecule has 2 atom stereocenters. The summed E-state index contributed by atoms with van der Waals surface area (Å²) in [5, 5.41) is 3.30. The highest BCUT2D eigenvalue weighted by molar-refractivity contribution is 5.01. The van der Waals surface area contributed by atoms with E-state index in [0.29, 0.717) is 17.6 Å². The van der Waals surface area contributed by atoms with E-state index in [4.69, 9.17) is 4.74 Å². The smallest absolute Gasteiger partial charge is 0.0655 e. The van der Waals surface area contributed by atoms with Crippen LogP contribution >= 0.6 is 0 Å². The van der Waals surface area contributed by atoms with Crippen molar-refractivity contribution in [2.75, 3.05) is 13.7 Å². The van der Waals surface area contributed by atoms with Gasteiger partial charge >= 0.3 is 0 Å². The molecule has 1 saturated carbocycles. The van der Waals surface area contributed by atoms with Crippen LogP contribution in [0.2, 0.25) is 0 Å². The molecule has 0 aromatic rings.